The molecule has 0 aromatic rings. The van der Waals surface area contributed by atoms with Gasteiger partial charge in [0.2, 0.25) is 11.8 Å². The van der Waals surface area contributed by atoms with Gasteiger partial charge in [0, 0.05) is 19.0 Å². The molecule has 2 N–H and O–H groups in total. The van der Waals surface area contributed by atoms with E-state index in [2.05, 4.69) is 10.6 Å². The predicted octanol–water partition coefficient (Wildman–Crippen LogP) is 0.177. The number of nitrogens with zero attached hydrogens (tertiary/aromatic N) is 1. The molecule has 0 saturated heterocycles. The van der Waals surface area contributed by atoms with Crippen molar-refractivity contribution in [3.8, 4) is 6.07 Å². The van der Waals surface area contributed by atoms with Gasteiger partial charge in [0.15, 0.2) is 0 Å². The van der Waals surface area contributed by atoms with Crippen LogP contribution in [0.3, 0.4) is 0 Å². The Kier molecular flexibility index (Phi) is 6.11. The first-order chi connectivity index (χ1) is 6.97. The number of hydrogen-bond acceptors (Lipinski definition) is 3. The van der Waals surface area contributed by atoms with Crippen molar-refractivity contribution in [2.24, 2.45) is 5.92 Å². The van der Waals surface area contributed by atoms with Gasteiger partial charge in [0.25, 0.3) is 0 Å². The molecule has 2 amide bonds. The van der Waals surface area contributed by atoms with Crippen LogP contribution in [0.25, 0.3) is 0 Å². The number of amides is 2. The van der Waals surface area contributed by atoms with E-state index in [0.29, 0.717) is 0 Å². The third-order valence-electron chi connectivity index (χ3n) is 1.69. The molecule has 0 spiro atoms. The molecule has 84 valence electrons. The van der Waals surface area contributed by atoms with Gasteiger partial charge in [0.1, 0.15) is 5.92 Å². The molecule has 0 aliphatic heterocycles. The van der Waals surface area contributed by atoms with Gasteiger partial charge in [-0.15, -0.1) is 0 Å². The van der Waals surface area contributed by atoms with E-state index in [-0.39, 0.29) is 30.8 Å². The van der Waals surface area contributed by atoms with E-state index < -0.39 is 5.92 Å². The van der Waals surface area contributed by atoms with E-state index >= 15 is 0 Å². The number of hydrogen-bond donors (Lipinski definition) is 2. The molecule has 1 unspecified atom stereocenters. The average molecular weight is 211 g/mol. The lowest BCUT2D eigenvalue weighted by Crippen LogP contribution is -2.35. The van der Waals surface area contributed by atoms with Crippen molar-refractivity contribution in [2.75, 3.05) is 6.54 Å². The van der Waals surface area contributed by atoms with Crippen LogP contribution in [0.4, 0.5) is 0 Å². The average Bonchev–Trinajstić information content (AvgIpc) is 2.15. The molecule has 0 radical (unpaired) electrons. The predicted molar refractivity (Wildman–Crippen MR) is 55.7 cm³/mol. The standard InChI is InChI=1S/C10H17N3O2/c1-7(2)13-9(14)4-5-12-10(15)8(3)6-11/h7-8H,4-5H2,1-3H3,(H,12,15)(H,13,14). The Morgan fingerprint density at radius 3 is 2.40 bits per heavy atom. The van der Waals surface area contributed by atoms with Crippen LogP contribution in [0.5, 0.6) is 0 Å². The van der Waals surface area contributed by atoms with Crippen molar-refractivity contribution in [1.82, 2.24) is 10.6 Å². The second-order valence-corrected chi connectivity index (χ2v) is 3.61. The molecule has 5 nitrogen and oxygen atoms in total. The summed E-state index contributed by atoms with van der Waals surface area (Å²) in [5, 5.41) is 13.7. The maximum Gasteiger partial charge on any atom is 0.237 e. The number of rotatable bonds is 5. The molecule has 15 heavy (non-hydrogen) atoms. The Hall–Kier alpha value is -1.57. The zero-order chi connectivity index (χ0) is 11.8. The summed E-state index contributed by atoms with van der Waals surface area (Å²) in [4.78, 5) is 22.3. The first-order valence-electron chi connectivity index (χ1n) is 4.94. The second-order valence-electron chi connectivity index (χ2n) is 3.61. The second kappa shape index (κ2) is 6.82. The Morgan fingerprint density at radius 2 is 1.93 bits per heavy atom. The largest absolute Gasteiger partial charge is 0.354 e. The summed E-state index contributed by atoms with van der Waals surface area (Å²) in [6, 6.07) is 1.93. The van der Waals surface area contributed by atoms with Crippen molar-refractivity contribution in [1.29, 1.82) is 5.26 Å². The molecule has 0 aromatic heterocycles. The summed E-state index contributed by atoms with van der Waals surface area (Å²) in [6.45, 7) is 5.52. The van der Waals surface area contributed by atoms with Gasteiger partial charge in [0.05, 0.1) is 6.07 Å². The highest BCUT2D eigenvalue weighted by Crippen LogP contribution is 1.91. The fourth-order valence-electron chi connectivity index (χ4n) is 0.905. The molecule has 0 aliphatic rings. The first-order valence-corrected chi connectivity index (χ1v) is 4.94. The smallest absolute Gasteiger partial charge is 0.237 e. The van der Waals surface area contributed by atoms with Crippen LogP contribution in [0.1, 0.15) is 27.2 Å². The molecule has 0 saturated carbocycles. The number of nitriles is 1. The van der Waals surface area contributed by atoms with Crippen LogP contribution in [0, 0.1) is 17.2 Å². The quantitative estimate of drug-likeness (QED) is 0.680. The zero-order valence-electron chi connectivity index (χ0n) is 9.33. The summed E-state index contributed by atoms with van der Waals surface area (Å²) in [5.74, 6) is -1.11. The Morgan fingerprint density at radius 1 is 1.33 bits per heavy atom. The van der Waals surface area contributed by atoms with Crippen LogP contribution in [-0.2, 0) is 9.59 Å². The topological polar surface area (TPSA) is 82.0 Å². The monoisotopic (exact) mass is 211 g/mol. The van der Waals surface area contributed by atoms with Crippen LogP contribution in [-0.4, -0.2) is 24.4 Å². The molecular weight excluding hydrogens is 194 g/mol. The summed E-state index contributed by atoms with van der Waals surface area (Å²) in [5.41, 5.74) is 0. The van der Waals surface area contributed by atoms with Gasteiger partial charge in [-0.05, 0) is 20.8 Å². The van der Waals surface area contributed by atoms with Crippen LogP contribution < -0.4 is 10.6 Å². The van der Waals surface area contributed by atoms with Gasteiger partial charge in [-0.3, -0.25) is 9.59 Å². The molecule has 0 aromatic carbocycles. The van der Waals surface area contributed by atoms with Gasteiger partial charge in [-0.2, -0.15) is 5.26 Å². The van der Waals surface area contributed by atoms with Crippen molar-refractivity contribution >= 4 is 11.8 Å². The third-order valence-corrected chi connectivity index (χ3v) is 1.69. The van der Waals surface area contributed by atoms with Crippen molar-refractivity contribution in [3.05, 3.63) is 0 Å². The molecule has 1 atom stereocenters. The zero-order valence-corrected chi connectivity index (χ0v) is 9.33. The van der Waals surface area contributed by atoms with Crippen LogP contribution >= 0.6 is 0 Å². The van der Waals surface area contributed by atoms with Crippen molar-refractivity contribution in [2.45, 2.75) is 33.2 Å². The number of carbonyl (C=O) groups is 2. The molecule has 0 rings (SSSR count). The maximum atomic E-state index is 11.1. The highest BCUT2D eigenvalue weighted by atomic mass is 16.2. The van der Waals surface area contributed by atoms with E-state index in [4.69, 9.17) is 5.26 Å². The molecule has 0 fully saturated rings. The minimum Gasteiger partial charge on any atom is -0.354 e. The summed E-state index contributed by atoms with van der Waals surface area (Å²) in [6.07, 6.45) is 0.238. The molecule has 0 bridgehead atoms. The molecule has 5 heteroatoms. The van der Waals surface area contributed by atoms with Gasteiger partial charge in [-0.25, -0.2) is 0 Å². The van der Waals surface area contributed by atoms with Gasteiger partial charge in [-0.1, -0.05) is 0 Å². The van der Waals surface area contributed by atoms with Crippen molar-refractivity contribution < 1.29 is 9.59 Å². The van der Waals surface area contributed by atoms with Gasteiger partial charge < -0.3 is 10.6 Å². The Balaban J connectivity index is 3.67. The van der Waals surface area contributed by atoms with Crippen LogP contribution in [0.15, 0.2) is 0 Å². The van der Waals surface area contributed by atoms with Gasteiger partial charge >= 0.3 is 0 Å². The van der Waals surface area contributed by atoms with E-state index in [1.807, 2.05) is 19.9 Å². The van der Waals surface area contributed by atoms with Crippen LogP contribution in [0.2, 0.25) is 0 Å². The SMILES string of the molecule is CC(C)NC(=O)CCNC(=O)C(C)C#N. The fraction of sp³-hybridized carbons (Fsp3) is 0.700. The summed E-state index contributed by atoms with van der Waals surface area (Å²) in [7, 11) is 0. The maximum absolute atomic E-state index is 11.1. The fourth-order valence-corrected chi connectivity index (χ4v) is 0.905. The highest BCUT2D eigenvalue weighted by Gasteiger charge is 2.11. The Labute approximate surface area is 89.8 Å². The first kappa shape index (κ1) is 13.4. The number of carbonyl (C=O) groups excluding carboxylic acids is 2. The van der Waals surface area contributed by atoms with E-state index in [0.717, 1.165) is 0 Å². The van der Waals surface area contributed by atoms with Crippen molar-refractivity contribution in [3.63, 3.8) is 0 Å². The molecule has 0 heterocycles. The summed E-state index contributed by atoms with van der Waals surface area (Å²) < 4.78 is 0. The minimum absolute atomic E-state index is 0.102. The summed E-state index contributed by atoms with van der Waals surface area (Å²) >= 11 is 0. The lowest BCUT2D eigenvalue weighted by atomic mass is 10.2. The van der Waals surface area contributed by atoms with E-state index in [1.165, 1.54) is 6.92 Å². The third kappa shape index (κ3) is 6.49. The van der Waals surface area contributed by atoms with E-state index in [1.54, 1.807) is 0 Å². The Bertz CT molecular complexity index is 268. The lowest BCUT2D eigenvalue weighted by Gasteiger charge is -2.09. The lowest BCUT2D eigenvalue weighted by molar-refractivity contribution is -0.123. The molecular formula is C10H17N3O2. The normalized spacial score (nSPS) is 11.7. The minimum atomic E-state index is -0.668. The molecule has 0 aliphatic carbocycles. The van der Waals surface area contributed by atoms with E-state index in [9.17, 15) is 9.59 Å². The highest BCUT2D eigenvalue weighted by molar-refractivity contribution is 5.81. The number of nitrogens with one attached hydrogen (secondary N) is 2.